The van der Waals surface area contributed by atoms with Crippen molar-refractivity contribution in [3.05, 3.63) is 35.9 Å². The average molecular weight is 312 g/mol. The predicted molar refractivity (Wildman–Crippen MR) is 78.7 cm³/mol. The van der Waals surface area contributed by atoms with Crippen LogP contribution in [-0.4, -0.2) is 34.5 Å². The molecule has 5 nitrogen and oxygen atoms in total. The molecule has 0 amide bonds. The molecular formula is C13H12O5S2. The largest absolute Gasteiger partial charge is 0.496 e. The molecule has 20 heavy (non-hydrogen) atoms. The number of hydrogen-bond donors (Lipinski definition) is 2. The highest BCUT2D eigenvalue weighted by molar-refractivity contribution is 8.80. The van der Waals surface area contributed by atoms with Crippen LogP contribution in [0, 0.1) is 5.92 Å². The number of carbonyl (C=O) groups is 2. The molecule has 1 aromatic carbocycles. The maximum absolute atomic E-state index is 11.0. The second kappa shape index (κ2) is 6.23. The number of methoxy groups -OCH3 is 1. The summed E-state index contributed by atoms with van der Waals surface area (Å²) >= 11 is 0. The predicted octanol–water partition coefficient (Wildman–Crippen LogP) is 2.59. The van der Waals surface area contributed by atoms with Crippen LogP contribution in [0.5, 0.6) is 5.75 Å². The quantitative estimate of drug-likeness (QED) is 0.638. The molecule has 0 aliphatic carbocycles. The topological polar surface area (TPSA) is 83.8 Å². The molecule has 1 aromatic rings. The summed E-state index contributed by atoms with van der Waals surface area (Å²) in [5, 5.41) is 17.4. The smallest absolute Gasteiger partial charge is 0.319 e. The van der Waals surface area contributed by atoms with Crippen LogP contribution in [0.25, 0.3) is 4.91 Å². The Balaban J connectivity index is 2.30. The SMILES string of the molecule is COc1ccccc1C1=CC(C(C(=O)O)C(=O)O)SS1. The van der Waals surface area contributed by atoms with Crippen LogP contribution in [0.1, 0.15) is 5.56 Å². The van der Waals surface area contributed by atoms with Gasteiger partial charge < -0.3 is 14.9 Å². The van der Waals surface area contributed by atoms with E-state index in [2.05, 4.69) is 0 Å². The standard InChI is InChI=1S/C13H12O5S2/c1-18-8-5-3-2-4-7(8)9-6-10(20-19-9)11(12(14)15)13(16)17/h2-6,10-11H,1H3,(H,14,15)(H,16,17). The third-order valence-electron chi connectivity index (χ3n) is 2.80. The summed E-state index contributed by atoms with van der Waals surface area (Å²) in [6, 6.07) is 7.35. The number of hydrogen-bond acceptors (Lipinski definition) is 5. The van der Waals surface area contributed by atoms with Gasteiger partial charge in [-0.05, 0) is 6.07 Å². The summed E-state index contributed by atoms with van der Waals surface area (Å²) in [7, 11) is 4.16. The normalized spacial score (nSPS) is 17.9. The molecule has 0 radical (unpaired) electrons. The fourth-order valence-corrected chi connectivity index (χ4v) is 4.71. The molecule has 1 aliphatic heterocycles. The lowest BCUT2D eigenvalue weighted by molar-refractivity contribution is -0.153. The highest BCUT2D eigenvalue weighted by Gasteiger charge is 2.37. The van der Waals surface area contributed by atoms with Crippen LogP contribution >= 0.6 is 21.6 Å². The molecule has 1 unspecified atom stereocenters. The second-order valence-corrected chi connectivity index (χ2v) is 6.45. The van der Waals surface area contributed by atoms with E-state index >= 15 is 0 Å². The highest BCUT2D eigenvalue weighted by Crippen LogP contribution is 2.51. The van der Waals surface area contributed by atoms with Gasteiger partial charge in [-0.2, -0.15) is 0 Å². The van der Waals surface area contributed by atoms with Crippen LogP contribution in [0.3, 0.4) is 0 Å². The molecule has 1 heterocycles. The number of rotatable bonds is 5. The molecule has 1 atom stereocenters. The first kappa shape index (κ1) is 14.8. The van der Waals surface area contributed by atoms with Crippen LogP contribution in [-0.2, 0) is 9.59 Å². The Morgan fingerprint density at radius 1 is 1.25 bits per heavy atom. The number of ether oxygens (including phenoxy) is 1. The summed E-state index contributed by atoms with van der Waals surface area (Å²) in [5.74, 6) is -3.42. The van der Waals surface area contributed by atoms with Gasteiger partial charge in [-0.25, -0.2) is 0 Å². The monoisotopic (exact) mass is 312 g/mol. The molecule has 0 aromatic heterocycles. The summed E-state index contributed by atoms with van der Waals surface area (Å²) < 4.78 is 5.25. The summed E-state index contributed by atoms with van der Waals surface area (Å²) in [6.45, 7) is 0. The molecule has 0 saturated heterocycles. The number of carboxylic acids is 2. The van der Waals surface area contributed by atoms with Gasteiger partial charge in [0.15, 0.2) is 5.92 Å². The van der Waals surface area contributed by atoms with E-state index in [4.69, 9.17) is 14.9 Å². The van der Waals surface area contributed by atoms with Gasteiger partial charge in [-0.1, -0.05) is 45.9 Å². The Labute approximate surface area is 123 Å². The van der Waals surface area contributed by atoms with E-state index in [-0.39, 0.29) is 0 Å². The number of benzene rings is 1. The van der Waals surface area contributed by atoms with Crippen molar-refractivity contribution in [3.8, 4) is 5.75 Å². The van der Waals surface area contributed by atoms with E-state index < -0.39 is 23.1 Å². The lowest BCUT2D eigenvalue weighted by Crippen LogP contribution is -2.31. The second-order valence-electron chi connectivity index (χ2n) is 4.03. The Morgan fingerprint density at radius 3 is 2.50 bits per heavy atom. The summed E-state index contributed by atoms with van der Waals surface area (Å²) in [6.07, 6.45) is 1.68. The molecule has 0 fully saturated rings. The number of aliphatic carboxylic acids is 2. The average Bonchev–Trinajstić information content (AvgIpc) is 2.87. The van der Waals surface area contributed by atoms with Gasteiger partial charge in [0, 0.05) is 10.5 Å². The van der Waals surface area contributed by atoms with Gasteiger partial charge >= 0.3 is 11.9 Å². The zero-order valence-electron chi connectivity index (χ0n) is 10.5. The molecule has 2 rings (SSSR count). The molecule has 2 N–H and O–H groups in total. The lowest BCUT2D eigenvalue weighted by atomic mass is 10.0. The fraction of sp³-hybridized carbons (Fsp3) is 0.231. The van der Waals surface area contributed by atoms with Crippen molar-refractivity contribution in [1.82, 2.24) is 0 Å². The molecular weight excluding hydrogens is 300 g/mol. The van der Waals surface area contributed by atoms with Gasteiger partial charge in [-0.15, -0.1) is 0 Å². The van der Waals surface area contributed by atoms with E-state index in [0.717, 1.165) is 10.5 Å². The minimum Gasteiger partial charge on any atom is -0.496 e. The minimum absolute atomic E-state index is 0.602. The minimum atomic E-state index is -1.44. The Bertz CT molecular complexity index is 556. The molecule has 1 aliphatic rings. The Hall–Kier alpha value is -1.60. The van der Waals surface area contributed by atoms with Gasteiger partial charge in [-0.3, -0.25) is 9.59 Å². The first-order valence-corrected chi connectivity index (χ1v) is 7.90. The fourth-order valence-electron chi connectivity index (χ4n) is 1.83. The van der Waals surface area contributed by atoms with Crippen molar-refractivity contribution in [3.63, 3.8) is 0 Å². The molecule has 0 spiro atoms. The third kappa shape index (κ3) is 2.94. The Kier molecular flexibility index (Phi) is 4.61. The third-order valence-corrected chi connectivity index (χ3v) is 5.55. The van der Waals surface area contributed by atoms with Crippen molar-refractivity contribution in [2.24, 2.45) is 5.92 Å². The van der Waals surface area contributed by atoms with Crippen molar-refractivity contribution in [1.29, 1.82) is 0 Å². The maximum Gasteiger partial charge on any atom is 0.319 e. The van der Waals surface area contributed by atoms with Gasteiger partial charge in [0.1, 0.15) is 5.75 Å². The van der Waals surface area contributed by atoms with Crippen molar-refractivity contribution < 1.29 is 24.5 Å². The molecule has 0 saturated carbocycles. The van der Waals surface area contributed by atoms with Crippen LogP contribution in [0.4, 0.5) is 0 Å². The van der Waals surface area contributed by atoms with E-state index in [0.29, 0.717) is 5.75 Å². The van der Waals surface area contributed by atoms with E-state index in [1.807, 2.05) is 18.2 Å². The van der Waals surface area contributed by atoms with Crippen LogP contribution < -0.4 is 4.74 Å². The number of para-hydroxylation sites is 1. The first-order chi connectivity index (χ1) is 9.54. The van der Waals surface area contributed by atoms with Gasteiger partial charge in [0.05, 0.1) is 12.4 Å². The highest BCUT2D eigenvalue weighted by atomic mass is 33.1. The van der Waals surface area contributed by atoms with E-state index in [1.165, 1.54) is 21.6 Å². The first-order valence-electron chi connectivity index (χ1n) is 5.68. The van der Waals surface area contributed by atoms with Gasteiger partial charge in [0.2, 0.25) is 0 Å². The molecule has 106 valence electrons. The molecule has 7 heteroatoms. The van der Waals surface area contributed by atoms with E-state index in [9.17, 15) is 9.59 Å². The lowest BCUT2D eigenvalue weighted by Gasteiger charge is -2.10. The molecule has 0 bridgehead atoms. The van der Waals surface area contributed by atoms with Crippen LogP contribution in [0.2, 0.25) is 0 Å². The van der Waals surface area contributed by atoms with Gasteiger partial charge in [0.25, 0.3) is 0 Å². The Morgan fingerprint density at radius 2 is 1.90 bits per heavy atom. The van der Waals surface area contributed by atoms with E-state index in [1.54, 1.807) is 19.3 Å². The maximum atomic E-state index is 11.0. The van der Waals surface area contributed by atoms with Crippen molar-refractivity contribution >= 4 is 38.4 Å². The number of carboxylic acid groups (broad SMARTS) is 2. The summed E-state index contributed by atoms with van der Waals surface area (Å²) in [4.78, 5) is 22.9. The zero-order chi connectivity index (χ0) is 14.7. The van der Waals surface area contributed by atoms with Crippen molar-refractivity contribution in [2.75, 3.05) is 7.11 Å². The van der Waals surface area contributed by atoms with Crippen molar-refractivity contribution in [2.45, 2.75) is 5.25 Å². The zero-order valence-corrected chi connectivity index (χ0v) is 12.1. The summed E-state index contributed by atoms with van der Waals surface area (Å²) in [5.41, 5.74) is 0.838. The van der Waals surface area contributed by atoms with Crippen LogP contribution in [0.15, 0.2) is 30.3 Å².